The Morgan fingerprint density at radius 3 is 2.72 bits per heavy atom. The lowest BCUT2D eigenvalue weighted by molar-refractivity contribution is -0.132. The third-order valence-corrected chi connectivity index (χ3v) is 6.53. The van der Waals surface area contributed by atoms with Crippen molar-refractivity contribution < 1.29 is 9.59 Å². The Labute approximate surface area is 176 Å². The van der Waals surface area contributed by atoms with Crippen LogP contribution in [0, 0.1) is 6.92 Å². The lowest BCUT2D eigenvalue weighted by Crippen LogP contribution is -2.50. The standard InChI is InChI=1S/C20H19ClN4O3S/c1-13-16(11-26)29-19-18(13)20(28)25(12-22-19)10-17(27)24-7-5-23(6-8-24)15-4-2-3-14(21)9-15/h2-4,9,11-12H,5-8,10H2,1H3. The number of nitrogens with zero attached hydrogens (tertiary/aromatic N) is 4. The maximum atomic E-state index is 12.8. The highest BCUT2D eigenvalue weighted by molar-refractivity contribution is 7.20. The molecule has 7 nitrogen and oxygen atoms in total. The summed E-state index contributed by atoms with van der Waals surface area (Å²) in [5.74, 6) is -0.123. The number of amides is 1. The maximum absolute atomic E-state index is 12.8. The van der Waals surface area contributed by atoms with Gasteiger partial charge in [-0.25, -0.2) is 4.98 Å². The van der Waals surface area contributed by atoms with E-state index in [1.807, 2.05) is 24.3 Å². The third kappa shape index (κ3) is 3.77. The molecule has 1 aliphatic rings. The number of piperazine rings is 1. The summed E-state index contributed by atoms with van der Waals surface area (Å²) in [6.07, 6.45) is 2.12. The summed E-state index contributed by atoms with van der Waals surface area (Å²) in [5, 5.41) is 1.10. The first-order chi connectivity index (χ1) is 14.0. The molecule has 4 rings (SSSR count). The van der Waals surface area contributed by atoms with Crippen molar-refractivity contribution in [3.05, 3.63) is 56.4 Å². The van der Waals surface area contributed by atoms with Crippen LogP contribution in [0.5, 0.6) is 0 Å². The van der Waals surface area contributed by atoms with Crippen LogP contribution in [-0.4, -0.2) is 52.8 Å². The molecule has 0 saturated carbocycles. The van der Waals surface area contributed by atoms with E-state index in [4.69, 9.17) is 11.6 Å². The highest BCUT2D eigenvalue weighted by atomic mass is 35.5. The van der Waals surface area contributed by atoms with Crippen LogP contribution in [0.1, 0.15) is 15.2 Å². The Kier molecular flexibility index (Phi) is 5.38. The first kappa shape index (κ1) is 19.6. The topological polar surface area (TPSA) is 75.5 Å². The van der Waals surface area contributed by atoms with Gasteiger partial charge in [0.15, 0.2) is 6.29 Å². The fraction of sp³-hybridized carbons (Fsp3) is 0.300. The molecule has 150 valence electrons. The fourth-order valence-corrected chi connectivity index (χ4v) is 4.67. The zero-order valence-electron chi connectivity index (χ0n) is 15.8. The lowest BCUT2D eigenvalue weighted by Gasteiger charge is -2.36. The van der Waals surface area contributed by atoms with Gasteiger partial charge in [-0.2, -0.15) is 0 Å². The van der Waals surface area contributed by atoms with Crippen LogP contribution >= 0.6 is 22.9 Å². The van der Waals surface area contributed by atoms with Crippen molar-refractivity contribution in [2.45, 2.75) is 13.5 Å². The quantitative estimate of drug-likeness (QED) is 0.595. The molecule has 3 aromatic rings. The molecular weight excluding hydrogens is 412 g/mol. The highest BCUT2D eigenvalue weighted by Gasteiger charge is 2.23. The normalized spacial score (nSPS) is 14.4. The third-order valence-electron chi connectivity index (χ3n) is 5.17. The minimum atomic E-state index is -0.289. The zero-order chi connectivity index (χ0) is 20.5. The molecule has 0 unspecified atom stereocenters. The van der Waals surface area contributed by atoms with Gasteiger partial charge >= 0.3 is 0 Å². The summed E-state index contributed by atoms with van der Waals surface area (Å²) in [7, 11) is 0. The molecule has 0 spiro atoms. The second-order valence-electron chi connectivity index (χ2n) is 6.91. The molecular formula is C20H19ClN4O3S. The number of carbonyl (C=O) groups is 2. The predicted octanol–water partition coefficient (Wildman–Crippen LogP) is 2.58. The Morgan fingerprint density at radius 1 is 1.28 bits per heavy atom. The summed E-state index contributed by atoms with van der Waals surface area (Å²) >= 11 is 7.25. The molecule has 1 saturated heterocycles. The predicted molar refractivity (Wildman–Crippen MR) is 114 cm³/mol. The number of hydrogen-bond acceptors (Lipinski definition) is 6. The average molecular weight is 431 g/mol. The van der Waals surface area contributed by atoms with E-state index < -0.39 is 0 Å². The molecule has 1 amide bonds. The van der Waals surface area contributed by atoms with Gasteiger partial charge in [0.05, 0.1) is 16.6 Å². The molecule has 1 aromatic carbocycles. The second kappa shape index (κ2) is 7.96. The second-order valence-corrected chi connectivity index (χ2v) is 8.38. The minimum absolute atomic E-state index is 0.0648. The number of halogens is 1. The van der Waals surface area contributed by atoms with Crippen molar-refractivity contribution in [2.75, 3.05) is 31.1 Å². The number of anilines is 1. The number of benzene rings is 1. The zero-order valence-corrected chi connectivity index (χ0v) is 17.4. The summed E-state index contributed by atoms with van der Waals surface area (Å²) in [6, 6.07) is 7.66. The number of aryl methyl sites for hydroxylation is 1. The van der Waals surface area contributed by atoms with Crippen LogP contribution in [0.25, 0.3) is 10.2 Å². The van der Waals surface area contributed by atoms with Crippen LogP contribution < -0.4 is 10.5 Å². The number of aromatic nitrogens is 2. The van der Waals surface area contributed by atoms with Crippen molar-refractivity contribution in [1.29, 1.82) is 0 Å². The summed E-state index contributed by atoms with van der Waals surface area (Å²) in [4.78, 5) is 45.9. The van der Waals surface area contributed by atoms with E-state index in [1.165, 1.54) is 22.2 Å². The highest BCUT2D eigenvalue weighted by Crippen LogP contribution is 2.25. The lowest BCUT2D eigenvalue weighted by atomic mass is 10.2. The van der Waals surface area contributed by atoms with Crippen LogP contribution in [0.2, 0.25) is 5.02 Å². The molecule has 0 radical (unpaired) electrons. The number of carbonyl (C=O) groups excluding carboxylic acids is 2. The molecule has 3 heterocycles. The molecule has 1 fully saturated rings. The van der Waals surface area contributed by atoms with Gasteiger partial charge in [-0.15, -0.1) is 11.3 Å². The number of thiophene rings is 1. The number of aldehydes is 1. The van der Waals surface area contributed by atoms with Gasteiger partial charge in [-0.1, -0.05) is 17.7 Å². The molecule has 0 atom stereocenters. The van der Waals surface area contributed by atoms with Crippen molar-refractivity contribution in [3.63, 3.8) is 0 Å². The molecule has 9 heteroatoms. The number of hydrogen-bond donors (Lipinski definition) is 0. The van der Waals surface area contributed by atoms with E-state index >= 15 is 0 Å². The van der Waals surface area contributed by atoms with Crippen LogP contribution in [-0.2, 0) is 11.3 Å². The van der Waals surface area contributed by atoms with Crippen LogP contribution in [0.3, 0.4) is 0 Å². The molecule has 0 bridgehead atoms. The van der Waals surface area contributed by atoms with Crippen LogP contribution in [0.15, 0.2) is 35.4 Å². The van der Waals surface area contributed by atoms with Crippen molar-refractivity contribution in [3.8, 4) is 0 Å². The van der Waals surface area contributed by atoms with E-state index in [9.17, 15) is 14.4 Å². The first-order valence-corrected chi connectivity index (χ1v) is 10.4. The van der Waals surface area contributed by atoms with Gasteiger partial charge in [-0.3, -0.25) is 19.0 Å². The molecule has 2 aromatic heterocycles. The minimum Gasteiger partial charge on any atom is -0.368 e. The van der Waals surface area contributed by atoms with E-state index in [1.54, 1.807) is 11.8 Å². The smallest absolute Gasteiger partial charge is 0.262 e. The molecule has 1 aliphatic heterocycles. The van der Waals surface area contributed by atoms with Gasteiger partial charge in [-0.05, 0) is 30.7 Å². The maximum Gasteiger partial charge on any atom is 0.262 e. The molecule has 0 N–H and O–H groups in total. The van der Waals surface area contributed by atoms with Gasteiger partial charge in [0.2, 0.25) is 5.91 Å². The van der Waals surface area contributed by atoms with Gasteiger partial charge in [0, 0.05) is 36.9 Å². The Balaban J connectivity index is 1.46. The SMILES string of the molecule is Cc1c(C=O)sc2ncn(CC(=O)N3CCN(c4cccc(Cl)c4)CC3)c(=O)c12. The molecule has 29 heavy (non-hydrogen) atoms. The van der Waals surface area contributed by atoms with Gasteiger partial charge in [0.1, 0.15) is 11.4 Å². The monoisotopic (exact) mass is 430 g/mol. The number of fused-ring (bicyclic) bond motifs is 1. The Bertz CT molecular complexity index is 1150. The van der Waals surface area contributed by atoms with E-state index in [0.717, 1.165) is 12.0 Å². The number of rotatable bonds is 4. The fourth-order valence-electron chi connectivity index (χ4n) is 3.53. The van der Waals surface area contributed by atoms with Gasteiger partial charge in [0.25, 0.3) is 5.56 Å². The Morgan fingerprint density at radius 2 is 2.03 bits per heavy atom. The average Bonchev–Trinajstić information content (AvgIpc) is 3.06. The van der Waals surface area contributed by atoms with E-state index in [0.29, 0.717) is 51.9 Å². The molecule has 0 aliphatic carbocycles. The largest absolute Gasteiger partial charge is 0.368 e. The summed E-state index contributed by atoms with van der Waals surface area (Å²) in [5.41, 5.74) is 1.37. The van der Waals surface area contributed by atoms with Crippen molar-refractivity contribution in [2.24, 2.45) is 0 Å². The van der Waals surface area contributed by atoms with Crippen molar-refractivity contribution >= 4 is 51.0 Å². The van der Waals surface area contributed by atoms with E-state index in [-0.39, 0.29) is 18.0 Å². The Hall–Kier alpha value is -2.71. The van der Waals surface area contributed by atoms with E-state index in [2.05, 4.69) is 9.88 Å². The summed E-state index contributed by atoms with van der Waals surface area (Å²) < 4.78 is 1.32. The van der Waals surface area contributed by atoms with Crippen molar-refractivity contribution in [1.82, 2.24) is 14.5 Å². The first-order valence-electron chi connectivity index (χ1n) is 9.20. The van der Waals surface area contributed by atoms with Crippen LogP contribution in [0.4, 0.5) is 5.69 Å². The van der Waals surface area contributed by atoms with Gasteiger partial charge < -0.3 is 9.80 Å². The summed E-state index contributed by atoms with van der Waals surface area (Å²) in [6.45, 7) is 4.21.